The van der Waals surface area contributed by atoms with E-state index in [1.807, 2.05) is 57.5 Å². The van der Waals surface area contributed by atoms with E-state index in [0.29, 0.717) is 13.1 Å². The Hall–Kier alpha value is -2.86. The fourth-order valence-electron chi connectivity index (χ4n) is 4.43. The van der Waals surface area contributed by atoms with Gasteiger partial charge in [0, 0.05) is 26.1 Å². The molecule has 3 unspecified atom stereocenters. The maximum Gasteiger partial charge on any atom is 0.305 e. The number of nitrogens with one attached hydrogen (secondary N) is 2. The second kappa shape index (κ2) is 13.3. The molecule has 1 aliphatic rings. The number of thiazole rings is 1. The number of amides is 2. The molecule has 1 aromatic carbocycles. The summed E-state index contributed by atoms with van der Waals surface area (Å²) < 4.78 is 5.32. The average Bonchev–Trinajstić information content (AvgIpc) is 3.46. The van der Waals surface area contributed by atoms with Gasteiger partial charge >= 0.3 is 5.97 Å². The van der Waals surface area contributed by atoms with Gasteiger partial charge in [0.15, 0.2) is 0 Å². The van der Waals surface area contributed by atoms with Crippen LogP contribution in [0.3, 0.4) is 0 Å². The van der Waals surface area contributed by atoms with E-state index in [1.165, 1.54) is 4.90 Å². The zero-order chi connectivity index (χ0) is 27.9. The molecule has 3 rings (SSSR count). The molecule has 0 spiro atoms. The monoisotopic (exact) mass is 546 g/mol. The number of aliphatic hydroxyl groups excluding tert-OH is 1. The smallest absolute Gasteiger partial charge is 0.305 e. The second-order valence-electron chi connectivity index (χ2n) is 10.6. The summed E-state index contributed by atoms with van der Waals surface area (Å²) in [4.78, 5) is 44.2. The van der Waals surface area contributed by atoms with E-state index in [1.54, 1.807) is 11.3 Å². The van der Waals surface area contributed by atoms with Crippen molar-refractivity contribution in [3.05, 3.63) is 41.0 Å². The molecule has 11 heteroatoms. The Kier molecular flexibility index (Phi) is 10.4. The first-order chi connectivity index (χ1) is 18.0. The molecule has 1 aliphatic heterocycles. The third-order valence-corrected chi connectivity index (χ3v) is 7.44. The number of carbonyl (C=O) groups is 3. The van der Waals surface area contributed by atoms with Crippen molar-refractivity contribution in [3.63, 3.8) is 0 Å². The van der Waals surface area contributed by atoms with Crippen molar-refractivity contribution >= 4 is 29.1 Å². The Morgan fingerprint density at radius 1 is 1.21 bits per heavy atom. The van der Waals surface area contributed by atoms with Crippen LogP contribution in [0.25, 0.3) is 10.4 Å². The van der Waals surface area contributed by atoms with Crippen LogP contribution in [0.4, 0.5) is 0 Å². The lowest BCUT2D eigenvalue weighted by molar-refractivity contribution is -0.142. The molecule has 1 saturated heterocycles. The van der Waals surface area contributed by atoms with Gasteiger partial charge in [-0.15, -0.1) is 11.3 Å². The summed E-state index contributed by atoms with van der Waals surface area (Å²) in [6, 6.07) is 6.53. The van der Waals surface area contributed by atoms with Crippen molar-refractivity contribution in [2.75, 3.05) is 26.3 Å². The maximum atomic E-state index is 13.6. The Morgan fingerprint density at radius 2 is 1.92 bits per heavy atom. The average molecular weight is 547 g/mol. The van der Waals surface area contributed by atoms with Gasteiger partial charge in [0.1, 0.15) is 6.04 Å². The number of aromatic nitrogens is 1. The molecule has 0 bridgehead atoms. The number of aliphatic carboxylic acids is 1. The van der Waals surface area contributed by atoms with Gasteiger partial charge in [0.2, 0.25) is 11.8 Å². The number of aryl methyl sites for hydroxylation is 1. The van der Waals surface area contributed by atoms with Gasteiger partial charge in [-0.3, -0.25) is 14.4 Å². The molecule has 10 nitrogen and oxygen atoms in total. The van der Waals surface area contributed by atoms with Gasteiger partial charge in [-0.2, -0.15) is 0 Å². The molecular formula is C27H38N4O6S. The highest BCUT2D eigenvalue weighted by molar-refractivity contribution is 7.13. The maximum absolute atomic E-state index is 13.6. The number of likely N-dealkylation sites (tertiary alicyclic amines) is 1. The van der Waals surface area contributed by atoms with E-state index in [0.717, 1.165) is 21.7 Å². The van der Waals surface area contributed by atoms with E-state index in [-0.39, 0.29) is 44.4 Å². The molecule has 4 N–H and O–H groups in total. The Bertz CT molecular complexity index is 1100. The lowest BCUT2D eigenvalue weighted by Crippen LogP contribution is -2.57. The van der Waals surface area contributed by atoms with E-state index < -0.39 is 29.6 Å². The van der Waals surface area contributed by atoms with E-state index in [4.69, 9.17) is 9.84 Å². The molecule has 2 heterocycles. The molecule has 2 aromatic rings. The highest BCUT2D eigenvalue weighted by Gasteiger charge is 2.43. The normalized spacial score (nSPS) is 18.4. The topological polar surface area (TPSA) is 141 Å². The van der Waals surface area contributed by atoms with Gasteiger partial charge in [0.05, 0.1) is 47.9 Å². The van der Waals surface area contributed by atoms with Crippen LogP contribution in [0.1, 0.15) is 44.9 Å². The number of carboxylic acids is 1. The Labute approximate surface area is 227 Å². The molecule has 208 valence electrons. The van der Waals surface area contributed by atoms with E-state index in [2.05, 4.69) is 15.6 Å². The lowest BCUT2D eigenvalue weighted by atomic mass is 9.85. The number of carbonyl (C=O) groups excluding carboxylic acids is 2. The number of ether oxygens (including phenoxy) is 1. The fourth-order valence-corrected chi connectivity index (χ4v) is 5.24. The van der Waals surface area contributed by atoms with Crippen molar-refractivity contribution < 1.29 is 29.3 Å². The standard InChI is InChI=1S/C27H38N4O6S/c1-17-23(38-16-30-17)19-7-5-18(6-8-19)14-29-25(35)21-13-20(32)15-31(21)26(36)24(27(2,3)4)28-10-12-37-11-9-22(33)34/h5-8,16,20-21,24,28,32H,9-15H2,1-4H3,(H,29,35)(H,33,34). The van der Waals surface area contributed by atoms with Gasteiger partial charge in [-0.05, 0) is 23.5 Å². The first-order valence-corrected chi connectivity index (χ1v) is 13.6. The minimum absolute atomic E-state index is 0.0833. The highest BCUT2D eigenvalue weighted by atomic mass is 32.1. The number of aliphatic hydroxyl groups is 1. The van der Waals surface area contributed by atoms with Gasteiger partial charge in [-0.1, -0.05) is 45.0 Å². The quantitative estimate of drug-likeness (QED) is 0.297. The molecule has 1 fully saturated rings. The number of rotatable bonds is 12. The van der Waals surface area contributed by atoms with Crippen molar-refractivity contribution in [2.24, 2.45) is 5.41 Å². The largest absolute Gasteiger partial charge is 0.481 e. The molecule has 2 amide bonds. The summed E-state index contributed by atoms with van der Waals surface area (Å²) in [6.07, 6.45) is -0.687. The SMILES string of the molecule is Cc1ncsc1-c1ccc(CNC(=O)C2CC(O)CN2C(=O)C(NCCOCCC(=O)O)C(C)(C)C)cc1. The minimum atomic E-state index is -0.930. The van der Waals surface area contributed by atoms with Crippen molar-refractivity contribution in [1.82, 2.24) is 20.5 Å². The molecule has 0 aliphatic carbocycles. The minimum Gasteiger partial charge on any atom is -0.481 e. The third kappa shape index (κ3) is 8.07. The van der Waals surface area contributed by atoms with Crippen LogP contribution in [0.2, 0.25) is 0 Å². The zero-order valence-electron chi connectivity index (χ0n) is 22.4. The van der Waals surface area contributed by atoms with Crippen LogP contribution >= 0.6 is 11.3 Å². The molecule has 1 aromatic heterocycles. The first kappa shape index (κ1) is 29.7. The lowest BCUT2D eigenvalue weighted by Gasteiger charge is -2.35. The molecule has 3 atom stereocenters. The Morgan fingerprint density at radius 3 is 2.53 bits per heavy atom. The van der Waals surface area contributed by atoms with E-state index >= 15 is 0 Å². The molecular weight excluding hydrogens is 508 g/mol. The molecule has 0 saturated carbocycles. The zero-order valence-corrected chi connectivity index (χ0v) is 23.2. The predicted octanol–water partition coefficient (Wildman–Crippen LogP) is 2.19. The number of hydrogen-bond donors (Lipinski definition) is 4. The first-order valence-electron chi connectivity index (χ1n) is 12.8. The molecule has 38 heavy (non-hydrogen) atoms. The second-order valence-corrected chi connectivity index (χ2v) is 11.4. The van der Waals surface area contributed by atoms with Gasteiger partial charge in [0.25, 0.3) is 0 Å². The summed E-state index contributed by atoms with van der Waals surface area (Å²) in [6.45, 7) is 8.83. The van der Waals surface area contributed by atoms with Crippen molar-refractivity contribution in [2.45, 2.75) is 65.3 Å². The predicted molar refractivity (Wildman–Crippen MR) is 145 cm³/mol. The summed E-state index contributed by atoms with van der Waals surface area (Å²) in [5.41, 5.74) is 4.33. The molecule has 0 radical (unpaired) electrons. The fraction of sp³-hybridized carbons (Fsp3) is 0.556. The summed E-state index contributed by atoms with van der Waals surface area (Å²) in [5.74, 6) is -1.49. The summed E-state index contributed by atoms with van der Waals surface area (Å²) in [7, 11) is 0. The summed E-state index contributed by atoms with van der Waals surface area (Å²) in [5, 5.41) is 25.2. The highest BCUT2D eigenvalue weighted by Crippen LogP contribution is 2.28. The van der Waals surface area contributed by atoms with Crippen LogP contribution in [-0.2, 0) is 25.7 Å². The Balaban J connectivity index is 1.58. The third-order valence-electron chi connectivity index (χ3n) is 6.46. The number of carboxylic acid groups (broad SMARTS) is 1. The van der Waals surface area contributed by atoms with Gasteiger partial charge in [-0.25, -0.2) is 4.98 Å². The summed E-state index contributed by atoms with van der Waals surface area (Å²) >= 11 is 1.58. The van der Waals surface area contributed by atoms with Crippen LogP contribution in [0.5, 0.6) is 0 Å². The van der Waals surface area contributed by atoms with E-state index in [9.17, 15) is 19.5 Å². The van der Waals surface area contributed by atoms with Crippen LogP contribution < -0.4 is 10.6 Å². The van der Waals surface area contributed by atoms with Crippen molar-refractivity contribution in [1.29, 1.82) is 0 Å². The number of hydrogen-bond acceptors (Lipinski definition) is 8. The van der Waals surface area contributed by atoms with Gasteiger partial charge < -0.3 is 30.5 Å². The number of nitrogens with zero attached hydrogens (tertiary/aromatic N) is 2. The number of β-amino-alcohol motifs (C(OH)–C–C–N with tert-alkyl or cyclic N) is 1. The van der Waals surface area contributed by atoms with Crippen LogP contribution in [0, 0.1) is 12.3 Å². The van der Waals surface area contributed by atoms with Crippen molar-refractivity contribution in [3.8, 4) is 10.4 Å². The van der Waals surface area contributed by atoms with Crippen LogP contribution in [-0.4, -0.2) is 82.4 Å². The van der Waals surface area contributed by atoms with Crippen LogP contribution in [0.15, 0.2) is 29.8 Å². The number of benzene rings is 1.